The SMILES string of the molecule is CCCCc1ccc(NC(=S)Nc2cnn(Cc3ccccc3Cl)c2)cc1. The molecule has 0 aliphatic heterocycles. The van der Waals surface area contributed by atoms with Gasteiger partial charge in [0.05, 0.1) is 18.4 Å². The van der Waals surface area contributed by atoms with Crippen LogP contribution in [0.5, 0.6) is 0 Å². The van der Waals surface area contributed by atoms with E-state index in [9.17, 15) is 0 Å². The first-order valence-electron chi connectivity index (χ1n) is 9.07. The van der Waals surface area contributed by atoms with Crippen molar-refractivity contribution in [3.63, 3.8) is 0 Å². The molecule has 0 saturated carbocycles. The van der Waals surface area contributed by atoms with Gasteiger partial charge in [-0.25, -0.2) is 0 Å². The zero-order valence-corrected chi connectivity index (χ0v) is 16.9. The Bertz CT molecular complexity index is 889. The molecule has 4 nitrogen and oxygen atoms in total. The van der Waals surface area contributed by atoms with Gasteiger partial charge in [0.1, 0.15) is 0 Å². The maximum Gasteiger partial charge on any atom is 0.175 e. The third kappa shape index (κ3) is 5.81. The van der Waals surface area contributed by atoms with Crippen molar-refractivity contribution in [3.8, 4) is 0 Å². The van der Waals surface area contributed by atoms with Crippen LogP contribution >= 0.6 is 23.8 Å². The maximum atomic E-state index is 6.21. The summed E-state index contributed by atoms with van der Waals surface area (Å²) in [5.41, 5.74) is 4.18. The van der Waals surface area contributed by atoms with E-state index in [1.165, 1.54) is 18.4 Å². The lowest BCUT2D eigenvalue weighted by Crippen LogP contribution is -2.18. The van der Waals surface area contributed by atoms with Gasteiger partial charge in [-0.2, -0.15) is 5.10 Å². The zero-order valence-electron chi connectivity index (χ0n) is 15.3. The molecule has 27 heavy (non-hydrogen) atoms. The van der Waals surface area contributed by atoms with Crippen LogP contribution < -0.4 is 10.6 Å². The highest BCUT2D eigenvalue weighted by Gasteiger charge is 2.05. The highest BCUT2D eigenvalue weighted by atomic mass is 35.5. The van der Waals surface area contributed by atoms with Gasteiger partial charge in [-0.05, 0) is 54.4 Å². The molecule has 0 aliphatic rings. The predicted octanol–water partition coefficient (Wildman–Crippen LogP) is 5.74. The smallest absolute Gasteiger partial charge is 0.175 e. The molecule has 0 atom stereocenters. The summed E-state index contributed by atoms with van der Waals surface area (Å²) >= 11 is 11.6. The van der Waals surface area contributed by atoms with Crippen LogP contribution in [0.4, 0.5) is 11.4 Å². The predicted molar refractivity (Wildman–Crippen MR) is 118 cm³/mol. The molecule has 6 heteroatoms. The Kier molecular flexibility index (Phi) is 6.85. The van der Waals surface area contributed by atoms with Crippen LogP contribution in [0, 0.1) is 0 Å². The Morgan fingerprint density at radius 3 is 2.56 bits per heavy atom. The summed E-state index contributed by atoms with van der Waals surface area (Å²) in [4.78, 5) is 0. The minimum atomic E-state index is 0.536. The van der Waals surface area contributed by atoms with Gasteiger partial charge < -0.3 is 10.6 Å². The van der Waals surface area contributed by atoms with Crippen LogP contribution in [0.2, 0.25) is 5.02 Å². The van der Waals surface area contributed by atoms with Crippen LogP contribution in [0.1, 0.15) is 30.9 Å². The Morgan fingerprint density at radius 2 is 1.81 bits per heavy atom. The molecule has 0 radical (unpaired) electrons. The van der Waals surface area contributed by atoms with Gasteiger partial charge >= 0.3 is 0 Å². The molecule has 3 rings (SSSR count). The van der Waals surface area contributed by atoms with E-state index in [1.807, 2.05) is 35.1 Å². The van der Waals surface area contributed by atoms with Crippen LogP contribution in [0.3, 0.4) is 0 Å². The fraction of sp³-hybridized carbons (Fsp3) is 0.238. The lowest BCUT2D eigenvalue weighted by molar-refractivity contribution is 0.687. The Hall–Kier alpha value is -2.37. The van der Waals surface area contributed by atoms with Crippen molar-refractivity contribution in [2.75, 3.05) is 10.6 Å². The number of aromatic nitrogens is 2. The number of benzene rings is 2. The lowest BCUT2D eigenvalue weighted by atomic mass is 10.1. The Morgan fingerprint density at radius 1 is 1.07 bits per heavy atom. The number of hydrogen-bond donors (Lipinski definition) is 2. The molecule has 0 spiro atoms. The Balaban J connectivity index is 1.54. The van der Waals surface area contributed by atoms with E-state index in [1.54, 1.807) is 6.20 Å². The van der Waals surface area contributed by atoms with E-state index >= 15 is 0 Å². The lowest BCUT2D eigenvalue weighted by Gasteiger charge is -2.09. The summed E-state index contributed by atoms with van der Waals surface area (Å²) in [6, 6.07) is 16.2. The molecule has 1 aromatic heterocycles. The molecule has 0 saturated heterocycles. The van der Waals surface area contributed by atoms with Crippen LogP contribution in [0.25, 0.3) is 0 Å². The minimum absolute atomic E-state index is 0.536. The average molecular weight is 399 g/mol. The first-order chi connectivity index (χ1) is 13.1. The van der Waals surface area contributed by atoms with Crippen molar-refractivity contribution >= 4 is 40.3 Å². The highest BCUT2D eigenvalue weighted by Crippen LogP contribution is 2.17. The second kappa shape index (κ2) is 9.53. The largest absolute Gasteiger partial charge is 0.332 e. The fourth-order valence-corrected chi connectivity index (χ4v) is 3.18. The standard InChI is InChI=1S/C21H23ClN4S/c1-2-3-6-16-9-11-18(12-10-16)24-21(27)25-19-13-23-26(15-19)14-17-7-4-5-8-20(17)22/h4-5,7-13,15H,2-3,6,14H2,1H3,(H2,24,25,27). The normalized spacial score (nSPS) is 10.6. The van der Waals surface area contributed by atoms with Gasteiger partial charge in [-0.3, -0.25) is 4.68 Å². The number of rotatable bonds is 7. The van der Waals surface area contributed by atoms with Crippen LogP contribution in [0.15, 0.2) is 60.9 Å². The monoisotopic (exact) mass is 398 g/mol. The molecule has 2 aromatic carbocycles. The summed E-state index contributed by atoms with van der Waals surface area (Å²) in [6.45, 7) is 2.82. The molecule has 0 bridgehead atoms. The highest BCUT2D eigenvalue weighted by molar-refractivity contribution is 7.80. The number of nitrogens with zero attached hydrogens (tertiary/aromatic N) is 2. The Labute approximate surface area is 170 Å². The zero-order chi connectivity index (χ0) is 19.1. The number of aryl methyl sites for hydroxylation is 1. The number of nitrogens with one attached hydrogen (secondary N) is 2. The van der Waals surface area contributed by atoms with Crippen molar-refractivity contribution in [1.29, 1.82) is 0 Å². The van der Waals surface area contributed by atoms with Gasteiger partial charge in [0.2, 0.25) is 0 Å². The summed E-state index contributed by atoms with van der Waals surface area (Å²) < 4.78 is 1.83. The topological polar surface area (TPSA) is 41.9 Å². The molecule has 0 amide bonds. The van der Waals surface area contributed by atoms with Crippen molar-refractivity contribution in [3.05, 3.63) is 77.1 Å². The summed E-state index contributed by atoms with van der Waals surface area (Å²) in [5, 5.41) is 12.0. The molecular formula is C21H23ClN4S. The van der Waals surface area contributed by atoms with Crippen molar-refractivity contribution in [1.82, 2.24) is 9.78 Å². The van der Waals surface area contributed by atoms with E-state index in [4.69, 9.17) is 23.8 Å². The fourth-order valence-electron chi connectivity index (χ4n) is 2.74. The minimum Gasteiger partial charge on any atom is -0.332 e. The summed E-state index contributed by atoms with van der Waals surface area (Å²) in [5.74, 6) is 0. The van der Waals surface area contributed by atoms with E-state index < -0.39 is 0 Å². The van der Waals surface area contributed by atoms with Crippen molar-refractivity contribution in [2.24, 2.45) is 0 Å². The molecular weight excluding hydrogens is 376 g/mol. The van der Waals surface area contributed by atoms with E-state index in [-0.39, 0.29) is 0 Å². The van der Waals surface area contributed by atoms with E-state index in [0.29, 0.717) is 11.7 Å². The average Bonchev–Trinajstić information content (AvgIpc) is 3.10. The number of thiocarbonyl (C=S) groups is 1. The first-order valence-corrected chi connectivity index (χ1v) is 9.85. The number of halogens is 1. The number of hydrogen-bond acceptors (Lipinski definition) is 2. The van der Waals surface area contributed by atoms with E-state index in [2.05, 4.69) is 46.9 Å². The molecule has 0 aliphatic carbocycles. The third-order valence-electron chi connectivity index (χ3n) is 4.21. The molecule has 140 valence electrons. The van der Waals surface area contributed by atoms with E-state index in [0.717, 1.165) is 28.4 Å². The summed E-state index contributed by atoms with van der Waals surface area (Å²) in [6.07, 6.45) is 7.19. The van der Waals surface area contributed by atoms with Crippen LogP contribution in [-0.2, 0) is 13.0 Å². The van der Waals surface area contributed by atoms with Gasteiger partial charge in [-0.1, -0.05) is 55.3 Å². The summed E-state index contributed by atoms with van der Waals surface area (Å²) in [7, 11) is 0. The van der Waals surface area contributed by atoms with Crippen molar-refractivity contribution < 1.29 is 0 Å². The number of unbranched alkanes of at least 4 members (excludes halogenated alkanes) is 1. The molecule has 3 aromatic rings. The molecule has 0 fully saturated rings. The molecule has 0 unspecified atom stereocenters. The van der Waals surface area contributed by atoms with Crippen LogP contribution in [-0.4, -0.2) is 14.9 Å². The number of anilines is 2. The quantitative estimate of drug-likeness (QED) is 0.498. The second-order valence-electron chi connectivity index (χ2n) is 6.40. The van der Waals surface area contributed by atoms with Gasteiger partial charge in [0.25, 0.3) is 0 Å². The second-order valence-corrected chi connectivity index (χ2v) is 7.21. The van der Waals surface area contributed by atoms with Gasteiger partial charge in [0.15, 0.2) is 5.11 Å². The van der Waals surface area contributed by atoms with Gasteiger partial charge in [0, 0.05) is 16.9 Å². The van der Waals surface area contributed by atoms with Gasteiger partial charge in [-0.15, -0.1) is 0 Å². The molecule has 2 N–H and O–H groups in total. The molecule has 1 heterocycles. The van der Waals surface area contributed by atoms with Crippen molar-refractivity contribution in [2.45, 2.75) is 32.7 Å². The first kappa shape index (κ1) is 19.4. The maximum absolute atomic E-state index is 6.21. The third-order valence-corrected chi connectivity index (χ3v) is 4.78.